The maximum atomic E-state index is 12.9. The maximum Gasteiger partial charge on any atom is 0.335 e. The molecule has 2 aliphatic rings. The third kappa shape index (κ3) is 4.09. The van der Waals surface area contributed by atoms with Gasteiger partial charge in [-0.3, -0.25) is 9.69 Å². The van der Waals surface area contributed by atoms with Crippen LogP contribution < -0.4 is 0 Å². The van der Waals surface area contributed by atoms with Crippen molar-refractivity contribution in [1.29, 1.82) is 0 Å². The number of piperidine rings is 1. The van der Waals surface area contributed by atoms with Gasteiger partial charge in [0.1, 0.15) is 0 Å². The Morgan fingerprint density at radius 2 is 1.75 bits per heavy atom. The monoisotopic (exact) mass is 378 g/mol. The number of hydrogen-bond donors (Lipinski definition) is 1. The van der Waals surface area contributed by atoms with E-state index < -0.39 is 5.97 Å². The van der Waals surface area contributed by atoms with Crippen LogP contribution in [0.3, 0.4) is 0 Å². The first kappa shape index (κ1) is 18.7. The highest BCUT2D eigenvalue weighted by Crippen LogP contribution is 2.27. The van der Waals surface area contributed by atoms with E-state index in [-0.39, 0.29) is 11.8 Å². The molecule has 2 aromatic rings. The Morgan fingerprint density at radius 3 is 2.50 bits per heavy atom. The number of aromatic carboxylic acids is 1. The number of rotatable bonds is 4. The number of carboxylic acids is 1. The first-order chi connectivity index (χ1) is 13.6. The molecule has 0 aromatic heterocycles. The fraction of sp³-hybridized carbons (Fsp3) is 0.391. The van der Waals surface area contributed by atoms with E-state index in [2.05, 4.69) is 29.2 Å². The Labute approximate surface area is 165 Å². The standard InChI is InChI=1S/C23H26N2O3/c26-22(16-24-13-11-17-4-1-2-5-20(17)14-24)25-12-3-6-21(15-25)18-7-9-19(10-8-18)23(27)28/h1-2,4-5,7-10,21H,3,6,11-16H2,(H,27,28)/t21-/m0/s1. The van der Waals surface area contributed by atoms with Crippen LogP contribution in [0, 0.1) is 0 Å². The molecule has 1 saturated heterocycles. The zero-order valence-electron chi connectivity index (χ0n) is 16.0. The average molecular weight is 378 g/mol. The van der Waals surface area contributed by atoms with Crippen LogP contribution in [0.15, 0.2) is 48.5 Å². The fourth-order valence-electron chi connectivity index (χ4n) is 4.35. The van der Waals surface area contributed by atoms with Gasteiger partial charge < -0.3 is 10.0 Å². The van der Waals surface area contributed by atoms with Crippen LogP contribution in [0.25, 0.3) is 0 Å². The largest absolute Gasteiger partial charge is 0.478 e. The molecular weight excluding hydrogens is 352 g/mol. The molecule has 0 saturated carbocycles. The van der Waals surface area contributed by atoms with Crippen LogP contribution in [-0.4, -0.2) is 53.0 Å². The smallest absolute Gasteiger partial charge is 0.335 e. The van der Waals surface area contributed by atoms with Crippen LogP contribution in [0.4, 0.5) is 0 Å². The lowest BCUT2D eigenvalue weighted by Crippen LogP contribution is -2.45. The van der Waals surface area contributed by atoms with E-state index in [0.29, 0.717) is 12.1 Å². The molecule has 5 heteroatoms. The molecule has 5 nitrogen and oxygen atoms in total. The number of likely N-dealkylation sites (tertiary alicyclic amines) is 1. The summed E-state index contributed by atoms with van der Waals surface area (Å²) in [5, 5.41) is 9.06. The normalized spacial score (nSPS) is 19.9. The summed E-state index contributed by atoms with van der Waals surface area (Å²) in [4.78, 5) is 28.2. The highest BCUT2D eigenvalue weighted by molar-refractivity contribution is 5.87. The molecule has 1 amide bonds. The molecule has 0 radical (unpaired) electrons. The fourth-order valence-corrected chi connectivity index (χ4v) is 4.35. The topological polar surface area (TPSA) is 60.9 Å². The molecule has 1 N–H and O–H groups in total. The third-order valence-electron chi connectivity index (χ3n) is 5.97. The highest BCUT2D eigenvalue weighted by atomic mass is 16.4. The second-order valence-electron chi connectivity index (χ2n) is 7.84. The van der Waals surface area contributed by atoms with Crippen molar-refractivity contribution in [2.24, 2.45) is 0 Å². The van der Waals surface area contributed by atoms with Crippen molar-refractivity contribution in [2.45, 2.75) is 31.7 Å². The van der Waals surface area contributed by atoms with E-state index in [9.17, 15) is 9.59 Å². The summed E-state index contributed by atoms with van der Waals surface area (Å²) in [6, 6.07) is 15.6. The number of benzene rings is 2. The Balaban J connectivity index is 1.36. The SMILES string of the molecule is O=C(O)c1ccc([C@H]2CCCN(C(=O)CN3CCc4ccccc4C3)C2)cc1. The third-order valence-corrected chi connectivity index (χ3v) is 5.97. The summed E-state index contributed by atoms with van der Waals surface area (Å²) >= 11 is 0. The van der Waals surface area contributed by atoms with Crippen LogP contribution in [0.2, 0.25) is 0 Å². The zero-order chi connectivity index (χ0) is 19.5. The van der Waals surface area contributed by atoms with E-state index in [1.165, 1.54) is 11.1 Å². The van der Waals surface area contributed by atoms with Gasteiger partial charge in [-0.25, -0.2) is 4.79 Å². The maximum absolute atomic E-state index is 12.9. The van der Waals surface area contributed by atoms with Gasteiger partial charge in [0, 0.05) is 32.1 Å². The number of nitrogens with zero attached hydrogens (tertiary/aromatic N) is 2. The summed E-state index contributed by atoms with van der Waals surface area (Å²) in [6.07, 6.45) is 3.02. The van der Waals surface area contributed by atoms with Crippen molar-refractivity contribution in [3.8, 4) is 0 Å². The molecular formula is C23H26N2O3. The lowest BCUT2D eigenvalue weighted by Gasteiger charge is -2.35. The Bertz CT molecular complexity index is 862. The number of fused-ring (bicyclic) bond motifs is 1. The van der Waals surface area contributed by atoms with Gasteiger partial charge in [-0.2, -0.15) is 0 Å². The lowest BCUT2D eigenvalue weighted by molar-refractivity contribution is -0.133. The van der Waals surface area contributed by atoms with Gasteiger partial charge >= 0.3 is 5.97 Å². The van der Waals surface area contributed by atoms with Gasteiger partial charge in [-0.15, -0.1) is 0 Å². The molecule has 0 bridgehead atoms. The molecule has 0 spiro atoms. The molecule has 0 unspecified atom stereocenters. The number of carbonyl (C=O) groups is 2. The van der Waals surface area contributed by atoms with Gasteiger partial charge in [0.15, 0.2) is 0 Å². The Kier molecular flexibility index (Phi) is 5.44. The highest BCUT2D eigenvalue weighted by Gasteiger charge is 2.27. The van der Waals surface area contributed by atoms with Gasteiger partial charge in [0.2, 0.25) is 5.91 Å². The van der Waals surface area contributed by atoms with Crippen molar-refractivity contribution < 1.29 is 14.7 Å². The van der Waals surface area contributed by atoms with Crippen molar-refractivity contribution in [3.05, 3.63) is 70.8 Å². The number of carbonyl (C=O) groups excluding carboxylic acids is 1. The van der Waals surface area contributed by atoms with Crippen molar-refractivity contribution in [2.75, 3.05) is 26.2 Å². The lowest BCUT2D eigenvalue weighted by atomic mass is 9.90. The molecule has 2 heterocycles. The minimum Gasteiger partial charge on any atom is -0.478 e. The van der Waals surface area contributed by atoms with E-state index >= 15 is 0 Å². The van der Waals surface area contributed by atoms with Gasteiger partial charge in [-0.1, -0.05) is 36.4 Å². The van der Waals surface area contributed by atoms with E-state index in [1.807, 2.05) is 17.0 Å². The summed E-state index contributed by atoms with van der Waals surface area (Å²) in [7, 11) is 0. The van der Waals surface area contributed by atoms with Crippen molar-refractivity contribution >= 4 is 11.9 Å². The minimum absolute atomic E-state index is 0.200. The quantitative estimate of drug-likeness (QED) is 0.888. The van der Waals surface area contributed by atoms with E-state index in [4.69, 9.17) is 5.11 Å². The van der Waals surface area contributed by atoms with Crippen LogP contribution in [0.5, 0.6) is 0 Å². The van der Waals surface area contributed by atoms with Crippen LogP contribution in [-0.2, 0) is 17.8 Å². The average Bonchev–Trinajstić information content (AvgIpc) is 2.74. The van der Waals surface area contributed by atoms with Gasteiger partial charge in [0.25, 0.3) is 0 Å². The van der Waals surface area contributed by atoms with Gasteiger partial charge in [-0.05, 0) is 48.1 Å². The minimum atomic E-state index is -0.907. The first-order valence-electron chi connectivity index (χ1n) is 10.0. The second-order valence-corrected chi connectivity index (χ2v) is 7.84. The summed E-state index contributed by atoms with van der Waals surface area (Å²) < 4.78 is 0. The van der Waals surface area contributed by atoms with Crippen LogP contribution >= 0.6 is 0 Å². The molecule has 146 valence electrons. The van der Waals surface area contributed by atoms with E-state index in [1.54, 1.807) is 12.1 Å². The number of hydrogen-bond acceptors (Lipinski definition) is 3. The summed E-state index contributed by atoms with van der Waals surface area (Å²) in [5.74, 6) is -0.427. The second kappa shape index (κ2) is 8.15. The first-order valence-corrected chi connectivity index (χ1v) is 10.0. The number of carboxylic acid groups (broad SMARTS) is 1. The van der Waals surface area contributed by atoms with Gasteiger partial charge in [0.05, 0.1) is 12.1 Å². The number of amides is 1. The van der Waals surface area contributed by atoms with Crippen molar-refractivity contribution in [1.82, 2.24) is 9.80 Å². The molecule has 4 rings (SSSR count). The Hall–Kier alpha value is -2.66. The van der Waals surface area contributed by atoms with Crippen molar-refractivity contribution in [3.63, 3.8) is 0 Å². The zero-order valence-corrected chi connectivity index (χ0v) is 16.0. The molecule has 1 atom stereocenters. The predicted octanol–water partition coefficient (Wildman–Crippen LogP) is 3.15. The summed E-state index contributed by atoms with van der Waals surface area (Å²) in [5.41, 5.74) is 4.15. The Morgan fingerprint density at radius 1 is 1.00 bits per heavy atom. The van der Waals surface area contributed by atoms with Crippen LogP contribution in [0.1, 0.15) is 45.8 Å². The van der Waals surface area contributed by atoms with E-state index in [0.717, 1.165) is 51.0 Å². The predicted molar refractivity (Wildman–Crippen MR) is 107 cm³/mol. The molecule has 2 aromatic carbocycles. The summed E-state index contributed by atoms with van der Waals surface area (Å²) in [6.45, 7) is 3.77. The molecule has 1 fully saturated rings. The molecule has 2 aliphatic heterocycles. The molecule has 0 aliphatic carbocycles. The molecule has 28 heavy (non-hydrogen) atoms.